The largest absolute Gasteiger partial charge is 0.497 e. The summed E-state index contributed by atoms with van der Waals surface area (Å²) in [5, 5.41) is 8.90. The van der Waals surface area contributed by atoms with Crippen LogP contribution in [0.4, 0.5) is 0 Å². The maximum Gasteiger partial charge on any atom is 0.307 e. The predicted octanol–water partition coefficient (Wildman–Crippen LogP) is 4.98. The third-order valence-corrected chi connectivity index (χ3v) is 7.09. The monoisotopic (exact) mass is 499 g/mol. The minimum atomic E-state index is -0.826. The van der Waals surface area contributed by atoms with Crippen LogP contribution in [-0.2, 0) is 17.8 Å². The van der Waals surface area contributed by atoms with Gasteiger partial charge in [0.25, 0.3) is 0 Å². The topological polar surface area (TPSA) is 76.8 Å². The Balaban J connectivity index is 1.19. The van der Waals surface area contributed by atoms with E-state index in [1.54, 1.807) is 7.11 Å². The molecule has 1 fully saturated rings. The number of methoxy groups -OCH3 is 1. The summed E-state index contributed by atoms with van der Waals surface area (Å²) < 4.78 is 13.6. The molecule has 1 aliphatic rings. The highest BCUT2D eigenvalue weighted by atomic mass is 16.5. The highest BCUT2D eigenvalue weighted by Crippen LogP contribution is 2.31. The number of rotatable bonds is 10. The van der Waals surface area contributed by atoms with Crippen LogP contribution in [0.5, 0.6) is 11.5 Å². The van der Waals surface area contributed by atoms with Crippen molar-refractivity contribution in [2.24, 2.45) is 0 Å². The van der Waals surface area contributed by atoms with Gasteiger partial charge in [-0.05, 0) is 73.5 Å². The van der Waals surface area contributed by atoms with Crippen LogP contribution >= 0.6 is 0 Å². The van der Waals surface area contributed by atoms with Gasteiger partial charge in [-0.3, -0.25) is 9.69 Å². The summed E-state index contributed by atoms with van der Waals surface area (Å²) >= 11 is 0. The van der Waals surface area contributed by atoms with Crippen LogP contribution in [-0.4, -0.2) is 58.9 Å². The molecule has 0 aliphatic carbocycles. The van der Waals surface area contributed by atoms with Gasteiger partial charge in [0.15, 0.2) is 0 Å². The normalized spacial score (nSPS) is 14.6. The zero-order valence-electron chi connectivity index (χ0n) is 21.2. The van der Waals surface area contributed by atoms with Gasteiger partial charge >= 0.3 is 5.97 Å². The Labute approximate surface area is 217 Å². The van der Waals surface area contributed by atoms with Crippen molar-refractivity contribution in [1.29, 1.82) is 0 Å². The number of benzene rings is 3. The molecule has 1 saturated heterocycles. The first-order chi connectivity index (χ1) is 18.1. The maximum absolute atomic E-state index is 10.8. The van der Waals surface area contributed by atoms with Crippen molar-refractivity contribution in [2.75, 3.05) is 33.4 Å². The molecule has 1 aromatic heterocycles. The SMILES string of the molecule is COc1ccc(Cn2c(C3CCN(CCOc4ccc(CC(=O)O)cc4)CC3)nc3ccccc32)cc1. The van der Waals surface area contributed by atoms with E-state index in [0.717, 1.165) is 61.6 Å². The van der Waals surface area contributed by atoms with Crippen LogP contribution in [0.3, 0.4) is 0 Å². The van der Waals surface area contributed by atoms with E-state index in [4.69, 9.17) is 19.6 Å². The summed E-state index contributed by atoms with van der Waals surface area (Å²) in [5.41, 5.74) is 4.24. The van der Waals surface area contributed by atoms with Crippen LogP contribution in [0.15, 0.2) is 72.8 Å². The quantitative estimate of drug-likeness (QED) is 0.332. The summed E-state index contributed by atoms with van der Waals surface area (Å²) in [4.78, 5) is 18.4. The standard InChI is InChI=1S/C30H33N3O4/c1-36-25-10-8-23(9-11-25)21-33-28-5-3-2-4-27(28)31-30(33)24-14-16-32(17-15-24)18-19-37-26-12-6-22(7-13-26)20-29(34)35/h2-13,24H,14-21H2,1H3,(H,34,35). The van der Waals surface area contributed by atoms with Gasteiger partial charge in [0.1, 0.15) is 23.9 Å². The molecule has 7 nitrogen and oxygen atoms in total. The Hall–Kier alpha value is -3.84. The van der Waals surface area contributed by atoms with Gasteiger partial charge in [-0.15, -0.1) is 0 Å². The van der Waals surface area contributed by atoms with E-state index in [2.05, 4.69) is 45.9 Å². The lowest BCUT2D eigenvalue weighted by molar-refractivity contribution is -0.136. The molecule has 37 heavy (non-hydrogen) atoms. The summed E-state index contributed by atoms with van der Waals surface area (Å²) in [6.07, 6.45) is 2.16. The van der Waals surface area contributed by atoms with Crippen LogP contribution < -0.4 is 9.47 Å². The number of aliphatic carboxylic acids is 1. The number of carboxylic acids is 1. The number of piperidine rings is 1. The zero-order chi connectivity index (χ0) is 25.6. The predicted molar refractivity (Wildman–Crippen MR) is 144 cm³/mol. The van der Waals surface area contributed by atoms with Gasteiger partial charge < -0.3 is 19.1 Å². The number of para-hydroxylation sites is 2. The fourth-order valence-corrected chi connectivity index (χ4v) is 5.07. The van der Waals surface area contributed by atoms with Crippen molar-refractivity contribution in [1.82, 2.24) is 14.5 Å². The van der Waals surface area contributed by atoms with Crippen molar-refractivity contribution in [2.45, 2.75) is 31.7 Å². The van der Waals surface area contributed by atoms with Crippen LogP contribution in [0.2, 0.25) is 0 Å². The molecule has 1 N–H and O–H groups in total. The van der Waals surface area contributed by atoms with E-state index in [-0.39, 0.29) is 6.42 Å². The lowest BCUT2D eigenvalue weighted by Gasteiger charge is -2.31. The van der Waals surface area contributed by atoms with Crippen LogP contribution in [0.1, 0.15) is 35.7 Å². The van der Waals surface area contributed by atoms with Gasteiger partial charge in [0, 0.05) is 19.0 Å². The Morgan fingerprint density at radius 2 is 1.62 bits per heavy atom. The number of hydrogen-bond acceptors (Lipinski definition) is 5. The van der Waals surface area contributed by atoms with Crippen molar-refractivity contribution in [3.8, 4) is 11.5 Å². The number of aromatic nitrogens is 2. The number of carboxylic acid groups (broad SMARTS) is 1. The van der Waals surface area contributed by atoms with Crippen molar-refractivity contribution in [3.05, 3.63) is 89.7 Å². The molecule has 5 rings (SSSR count). The molecule has 0 saturated carbocycles. The fourth-order valence-electron chi connectivity index (χ4n) is 5.07. The first-order valence-corrected chi connectivity index (χ1v) is 12.8. The first-order valence-electron chi connectivity index (χ1n) is 12.8. The lowest BCUT2D eigenvalue weighted by Crippen LogP contribution is -2.36. The zero-order valence-corrected chi connectivity index (χ0v) is 21.2. The molecule has 1 aliphatic heterocycles. The van der Waals surface area contributed by atoms with Gasteiger partial charge in [0.2, 0.25) is 0 Å². The second-order valence-electron chi connectivity index (χ2n) is 9.57. The second-order valence-corrected chi connectivity index (χ2v) is 9.57. The Morgan fingerprint density at radius 3 is 2.32 bits per heavy atom. The van der Waals surface area contributed by atoms with Crippen molar-refractivity contribution >= 4 is 17.0 Å². The molecular weight excluding hydrogens is 466 g/mol. The van der Waals surface area contributed by atoms with E-state index >= 15 is 0 Å². The van der Waals surface area contributed by atoms with Gasteiger partial charge in [-0.2, -0.15) is 0 Å². The number of fused-ring (bicyclic) bond motifs is 1. The molecule has 0 unspecified atom stereocenters. The highest BCUT2D eigenvalue weighted by molar-refractivity contribution is 5.76. The summed E-state index contributed by atoms with van der Waals surface area (Å²) in [5.74, 6) is 2.41. The molecule has 3 aromatic carbocycles. The minimum absolute atomic E-state index is 0.0309. The van der Waals surface area contributed by atoms with Crippen molar-refractivity contribution < 1.29 is 19.4 Å². The van der Waals surface area contributed by atoms with Gasteiger partial charge in [0.05, 0.1) is 24.6 Å². The highest BCUT2D eigenvalue weighted by Gasteiger charge is 2.25. The number of ether oxygens (including phenoxy) is 2. The molecule has 0 amide bonds. The molecule has 4 aromatic rings. The maximum atomic E-state index is 10.8. The Bertz CT molecular complexity index is 1320. The molecular formula is C30H33N3O4. The van der Waals surface area contributed by atoms with E-state index in [1.165, 1.54) is 16.9 Å². The van der Waals surface area contributed by atoms with Crippen molar-refractivity contribution in [3.63, 3.8) is 0 Å². The van der Waals surface area contributed by atoms with E-state index in [0.29, 0.717) is 12.5 Å². The molecule has 0 bridgehead atoms. The molecule has 2 heterocycles. The first kappa shape index (κ1) is 24.8. The number of carbonyl (C=O) groups is 1. The number of likely N-dealkylation sites (tertiary alicyclic amines) is 1. The Kier molecular flexibility index (Phi) is 7.70. The Morgan fingerprint density at radius 1 is 0.946 bits per heavy atom. The van der Waals surface area contributed by atoms with Crippen LogP contribution in [0, 0.1) is 0 Å². The summed E-state index contributed by atoms with van der Waals surface area (Å²) in [7, 11) is 1.69. The van der Waals surface area contributed by atoms with E-state index in [9.17, 15) is 4.79 Å². The third-order valence-electron chi connectivity index (χ3n) is 7.09. The van der Waals surface area contributed by atoms with Gasteiger partial charge in [-0.1, -0.05) is 36.4 Å². The van der Waals surface area contributed by atoms with E-state index < -0.39 is 5.97 Å². The minimum Gasteiger partial charge on any atom is -0.497 e. The average Bonchev–Trinajstić information content (AvgIpc) is 3.28. The lowest BCUT2D eigenvalue weighted by atomic mass is 9.95. The molecule has 7 heteroatoms. The van der Waals surface area contributed by atoms with Crippen LogP contribution in [0.25, 0.3) is 11.0 Å². The van der Waals surface area contributed by atoms with Gasteiger partial charge in [-0.25, -0.2) is 4.98 Å². The third kappa shape index (κ3) is 6.12. The fraction of sp³-hybridized carbons (Fsp3) is 0.333. The smallest absolute Gasteiger partial charge is 0.307 e. The summed E-state index contributed by atoms with van der Waals surface area (Å²) in [6, 6.07) is 24.0. The molecule has 192 valence electrons. The number of imidazole rings is 1. The summed E-state index contributed by atoms with van der Waals surface area (Å²) in [6.45, 7) is 4.29. The second kappa shape index (κ2) is 11.5. The number of nitrogens with zero attached hydrogens (tertiary/aromatic N) is 3. The molecule has 0 radical (unpaired) electrons. The van der Waals surface area contributed by atoms with E-state index in [1.807, 2.05) is 36.4 Å². The molecule has 0 atom stereocenters. The number of hydrogen-bond donors (Lipinski definition) is 1. The average molecular weight is 500 g/mol. The molecule has 0 spiro atoms.